The van der Waals surface area contributed by atoms with Crippen LogP contribution in [-0.2, 0) is 0 Å². The summed E-state index contributed by atoms with van der Waals surface area (Å²) in [6, 6.07) is 9.35. The molecule has 0 fully saturated rings. The van der Waals surface area contributed by atoms with E-state index in [0.717, 1.165) is 0 Å². The number of ether oxygens (including phenoxy) is 1. The molecule has 0 spiro atoms. The maximum absolute atomic E-state index is 12.2. The molecule has 2 aromatic carbocycles. The molecule has 0 aromatic heterocycles. The number of amides is 1. The maximum atomic E-state index is 12.2. The number of carbonyl (C=O) groups is 2. The Morgan fingerprint density at radius 2 is 1.96 bits per heavy atom. The first-order chi connectivity index (χ1) is 11.8. The third-order valence-electron chi connectivity index (χ3n) is 3.45. The number of rotatable bonds is 4. The van der Waals surface area contributed by atoms with Crippen molar-refractivity contribution in [2.24, 2.45) is 0 Å². The number of aromatic carboxylic acids is 1. The first-order valence-corrected chi connectivity index (χ1v) is 7.91. The lowest BCUT2D eigenvalue weighted by Crippen LogP contribution is -2.34. The van der Waals surface area contributed by atoms with Crippen LogP contribution in [0.25, 0.3) is 0 Å². The van der Waals surface area contributed by atoms with Crippen LogP contribution in [-0.4, -0.2) is 29.2 Å². The molecule has 3 N–H and O–H groups in total. The lowest BCUT2D eigenvalue weighted by atomic mass is 10.1. The number of thiocarbonyl (C=S) groups is 1. The molecule has 0 aliphatic rings. The van der Waals surface area contributed by atoms with Gasteiger partial charge in [-0.05, 0) is 55.0 Å². The van der Waals surface area contributed by atoms with Crippen LogP contribution in [0, 0.1) is 6.92 Å². The second-order valence-electron chi connectivity index (χ2n) is 5.04. The van der Waals surface area contributed by atoms with E-state index >= 15 is 0 Å². The minimum Gasteiger partial charge on any atom is -0.495 e. The lowest BCUT2D eigenvalue weighted by molar-refractivity contribution is 0.0696. The largest absolute Gasteiger partial charge is 0.495 e. The van der Waals surface area contributed by atoms with Gasteiger partial charge >= 0.3 is 5.97 Å². The van der Waals surface area contributed by atoms with Crippen molar-refractivity contribution in [2.45, 2.75) is 6.92 Å². The average Bonchev–Trinajstić information content (AvgIpc) is 2.56. The van der Waals surface area contributed by atoms with Crippen LogP contribution in [0.1, 0.15) is 26.3 Å². The SMILES string of the molecule is COc1ccc(C(=O)NC(=S)Nc2cccc(C(=O)O)c2C)cc1Cl. The molecule has 1 amide bonds. The maximum Gasteiger partial charge on any atom is 0.336 e. The van der Waals surface area contributed by atoms with Gasteiger partial charge < -0.3 is 15.2 Å². The number of methoxy groups -OCH3 is 1. The van der Waals surface area contributed by atoms with Gasteiger partial charge in [-0.1, -0.05) is 17.7 Å². The Kier molecular flexibility index (Phi) is 5.95. The molecule has 0 aliphatic carbocycles. The van der Waals surface area contributed by atoms with Gasteiger partial charge in [-0.3, -0.25) is 10.1 Å². The number of hydrogen-bond donors (Lipinski definition) is 3. The van der Waals surface area contributed by atoms with Crippen LogP contribution in [0.5, 0.6) is 5.75 Å². The summed E-state index contributed by atoms with van der Waals surface area (Å²) in [4.78, 5) is 23.4. The van der Waals surface area contributed by atoms with Crippen molar-refractivity contribution < 1.29 is 19.4 Å². The second-order valence-corrected chi connectivity index (χ2v) is 5.86. The fraction of sp³-hybridized carbons (Fsp3) is 0.118. The highest BCUT2D eigenvalue weighted by molar-refractivity contribution is 7.80. The van der Waals surface area contributed by atoms with Gasteiger partial charge in [-0.2, -0.15) is 0 Å². The van der Waals surface area contributed by atoms with E-state index in [1.807, 2.05) is 0 Å². The summed E-state index contributed by atoms with van der Waals surface area (Å²) >= 11 is 11.1. The Labute approximate surface area is 154 Å². The minimum atomic E-state index is -1.04. The predicted octanol–water partition coefficient (Wildman–Crippen LogP) is 3.48. The van der Waals surface area contributed by atoms with Crippen LogP contribution in [0.15, 0.2) is 36.4 Å². The van der Waals surface area contributed by atoms with Gasteiger partial charge in [-0.15, -0.1) is 0 Å². The average molecular weight is 379 g/mol. The monoisotopic (exact) mass is 378 g/mol. The molecular weight excluding hydrogens is 364 g/mol. The number of benzene rings is 2. The van der Waals surface area contributed by atoms with Gasteiger partial charge in [0.15, 0.2) is 5.11 Å². The standard InChI is InChI=1S/C17H15ClN2O4S/c1-9-11(16(22)23)4-3-5-13(9)19-17(25)20-15(21)10-6-7-14(24-2)12(18)8-10/h3-8H,1-2H3,(H,22,23)(H2,19,20,21,25). The Bertz CT molecular complexity index is 855. The highest BCUT2D eigenvalue weighted by Crippen LogP contribution is 2.25. The zero-order valence-corrected chi connectivity index (χ0v) is 15.0. The van der Waals surface area contributed by atoms with E-state index < -0.39 is 11.9 Å². The van der Waals surface area contributed by atoms with Crippen LogP contribution < -0.4 is 15.4 Å². The smallest absolute Gasteiger partial charge is 0.336 e. The van der Waals surface area contributed by atoms with Gasteiger partial charge in [0.1, 0.15) is 5.75 Å². The molecule has 130 valence electrons. The molecule has 6 nitrogen and oxygen atoms in total. The number of nitrogens with one attached hydrogen (secondary N) is 2. The van der Waals surface area contributed by atoms with Crippen LogP contribution in [0.2, 0.25) is 5.02 Å². The molecule has 25 heavy (non-hydrogen) atoms. The minimum absolute atomic E-state index is 0.0441. The molecule has 0 radical (unpaired) electrons. The molecule has 0 unspecified atom stereocenters. The third kappa shape index (κ3) is 4.46. The number of anilines is 1. The normalized spacial score (nSPS) is 10.0. The zero-order chi connectivity index (χ0) is 18.6. The van der Waals surface area contributed by atoms with E-state index in [2.05, 4.69) is 10.6 Å². The van der Waals surface area contributed by atoms with E-state index in [1.54, 1.807) is 31.2 Å². The molecule has 2 aromatic rings. The molecule has 0 saturated carbocycles. The summed E-state index contributed by atoms with van der Waals surface area (Å²) in [5.41, 5.74) is 1.48. The van der Waals surface area contributed by atoms with Gasteiger partial charge in [0.05, 0.1) is 17.7 Å². The van der Waals surface area contributed by atoms with E-state index in [1.165, 1.54) is 19.2 Å². The van der Waals surface area contributed by atoms with E-state index in [4.69, 9.17) is 33.7 Å². The molecule has 0 aliphatic heterocycles. The molecular formula is C17H15ClN2O4S. The van der Waals surface area contributed by atoms with Gasteiger partial charge in [-0.25, -0.2) is 4.79 Å². The summed E-state index contributed by atoms with van der Waals surface area (Å²) in [6.45, 7) is 1.65. The summed E-state index contributed by atoms with van der Waals surface area (Å²) in [6.07, 6.45) is 0. The van der Waals surface area contributed by atoms with Gasteiger partial charge in [0.25, 0.3) is 5.91 Å². The highest BCUT2D eigenvalue weighted by atomic mass is 35.5. The molecule has 0 heterocycles. The van der Waals surface area contributed by atoms with Crippen molar-refractivity contribution in [3.8, 4) is 5.75 Å². The number of carbonyl (C=O) groups excluding carboxylic acids is 1. The fourth-order valence-corrected chi connectivity index (χ4v) is 2.60. The Morgan fingerprint density at radius 1 is 1.24 bits per heavy atom. The molecule has 8 heteroatoms. The van der Waals surface area contributed by atoms with Crippen molar-refractivity contribution in [2.75, 3.05) is 12.4 Å². The highest BCUT2D eigenvalue weighted by Gasteiger charge is 2.13. The van der Waals surface area contributed by atoms with Gasteiger partial charge in [0.2, 0.25) is 0 Å². The second kappa shape index (κ2) is 7.96. The molecule has 0 saturated heterocycles. The number of carboxylic acid groups (broad SMARTS) is 1. The Morgan fingerprint density at radius 3 is 2.56 bits per heavy atom. The fourth-order valence-electron chi connectivity index (χ4n) is 2.14. The first-order valence-electron chi connectivity index (χ1n) is 7.12. The van der Waals surface area contributed by atoms with Crippen LogP contribution in [0.4, 0.5) is 5.69 Å². The van der Waals surface area contributed by atoms with E-state index in [9.17, 15) is 9.59 Å². The van der Waals surface area contributed by atoms with Crippen molar-refractivity contribution in [1.29, 1.82) is 0 Å². The van der Waals surface area contributed by atoms with Gasteiger partial charge in [0, 0.05) is 11.3 Å². The predicted molar refractivity (Wildman–Crippen MR) is 99.8 cm³/mol. The van der Waals surface area contributed by atoms with Crippen LogP contribution in [0.3, 0.4) is 0 Å². The summed E-state index contributed by atoms with van der Waals surface area (Å²) in [5, 5.41) is 14.8. The summed E-state index contributed by atoms with van der Waals surface area (Å²) < 4.78 is 5.03. The first kappa shape index (κ1) is 18.7. The molecule has 0 atom stereocenters. The van der Waals surface area contributed by atoms with Crippen molar-refractivity contribution in [1.82, 2.24) is 5.32 Å². The van der Waals surface area contributed by atoms with Crippen molar-refractivity contribution in [3.05, 3.63) is 58.1 Å². The number of halogens is 1. The van der Waals surface area contributed by atoms with E-state index in [-0.39, 0.29) is 10.7 Å². The van der Waals surface area contributed by atoms with E-state index in [0.29, 0.717) is 27.6 Å². The summed E-state index contributed by atoms with van der Waals surface area (Å²) in [5.74, 6) is -1.03. The zero-order valence-electron chi connectivity index (χ0n) is 13.4. The lowest BCUT2D eigenvalue weighted by Gasteiger charge is -2.13. The summed E-state index contributed by atoms with van der Waals surface area (Å²) in [7, 11) is 1.48. The topological polar surface area (TPSA) is 87.7 Å². The Hall–Kier alpha value is -2.64. The number of carboxylic acids is 1. The number of hydrogen-bond acceptors (Lipinski definition) is 4. The molecule has 2 rings (SSSR count). The van der Waals surface area contributed by atoms with Crippen LogP contribution >= 0.6 is 23.8 Å². The van der Waals surface area contributed by atoms with Crippen molar-refractivity contribution in [3.63, 3.8) is 0 Å². The quantitative estimate of drug-likeness (QED) is 0.706. The third-order valence-corrected chi connectivity index (χ3v) is 3.95. The Balaban J connectivity index is 2.10. The van der Waals surface area contributed by atoms with Crippen molar-refractivity contribution >= 4 is 46.5 Å². The molecule has 0 bridgehead atoms.